The van der Waals surface area contributed by atoms with Gasteiger partial charge < -0.3 is 59.8 Å². The molecule has 2 fully saturated rings. The molecule has 0 aromatic heterocycles. The molecular weight excluding hydrogens is 376 g/mol. The lowest BCUT2D eigenvalue weighted by Crippen LogP contribution is -2.64. The molecule has 0 bridgehead atoms. The molecule has 0 spiro atoms. The van der Waals surface area contributed by atoms with Gasteiger partial charge in [-0.1, -0.05) is 0 Å². The Bertz CT molecular complexity index is 486. The van der Waals surface area contributed by atoms with Gasteiger partial charge in [-0.05, 0) is 0 Å². The maximum atomic E-state index is 10.6. The number of carbonyl (C=O) groups is 1. The number of ether oxygens (including phenoxy) is 4. The fourth-order valence-electron chi connectivity index (χ4n) is 2.85. The fourth-order valence-corrected chi connectivity index (χ4v) is 2.85. The normalized spacial score (nSPS) is 45.6. The SMILES string of the molecule is O=C(O)CO[C@H]1[C@H](O)[C@@H](O)[C@@H](O[C@H]2O[C@H](CO)[C@@H](O)[C@H](O)[C@H]2O)O[C@@H]1CO. The molecule has 2 heterocycles. The van der Waals surface area contributed by atoms with Crippen LogP contribution in [0, 0.1) is 0 Å². The van der Waals surface area contributed by atoms with Gasteiger partial charge in [0.2, 0.25) is 0 Å². The van der Waals surface area contributed by atoms with E-state index < -0.39 is 87.2 Å². The molecule has 0 amide bonds. The Kier molecular flexibility index (Phi) is 7.84. The van der Waals surface area contributed by atoms with Crippen molar-refractivity contribution >= 4 is 5.97 Å². The average molecular weight is 400 g/mol. The van der Waals surface area contributed by atoms with Crippen LogP contribution in [0.25, 0.3) is 0 Å². The second kappa shape index (κ2) is 9.49. The van der Waals surface area contributed by atoms with Crippen LogP contribution in [-0.2, 0) is 23.7 Å². The first-order valence-electron chi connectivity index (χ1n) is 8.13. The number of aliphatic hydroxyl groups is 7. The molecule has 27 heavy (non-hydrogen) atoms. The number of rotatable bonds is 7. The van der Waals surface area contributed by atoms with Gasteiger partial charge in [-0.2, -0.15) is 0 Å². The second-order valence-electron chi connectivity index (χ2n) is 6.21. The van der Waals surface area contributed by atoms with Crippen LogP contribution in [0.15, 0.2) is 0 Å². The molecule has 0 aromatic carbocycles. The Morgan fingerprint density at radius 3 is 1.81 bits per heavy atom. The van der Waals surface area contributed by atoms with Crippen LogP contribution in [0.3, 0.4) is 0 Å². The van der Waals surface area contributed by atoms with Crippen LogP contribution in [0.4, 0.5) is 0 Å². The number of hydrogen-bond donors (Lipinski definition) is 8. The van der Waals surface area contributed by atoms with E-state index in [4.69, 9.17) is 29.2 Å². The Balaban J connectivity index is 2.07. The van der Waals surface area contributed by atoms with Gasteiger partial charge in [0.15, 0.2) is 12.6 Å². The highest BCUT2D eigenvalue weighted by atomic mass is 16.8. The molecular formula is C14H24O13. The lowest BCUT2D eigenvalue weighted by atomic mass is 9.98. The molecule has 8 N–H and O–H groups in total. The van der Waals surface area contributed by atoms with E-state index in [1.165, 1.54) is 0 Å². The van der Waals surface area contributed by atoms with Gasteiger partial charge in [-0.3, -0.25) is 0 Å². The zero-order valence-electron chi connectivity index (χ0n) is 14.0. The van der Waals surface area contributed by atoms with Gasteiger partial charge in [0.25, 0.3) is 0 Å². The van der Waals surface area contributed by atoms with E-state index in [0.29, 0.717) is 0 Å². The van der Waals surface area contributed by atoms with Gasteiger partial charge in [0.1, 0.15) is 55.4 Å². The number of hydrogen-bond acceptors (Lipinski definition) is 12. The molecule has 0 aromatic rings. The van der Waals surface area contributed by atoms with Crippen molar-refractivity contribution in [1.29, 1.82) is 0 Å². The van der Waals surface area contributed by atoms with Crippen molar-refractivity contribution in [3.63, 3.8) is 0 Å². The molecule has 0 aliphatic carbocycles. The predicted molar refractivity (Wildman–Crippen MR) is 80.0 cm³/mol. The smallest absolute Gasteiger partial charge is 0.329 e. The van der Waals surface area contributed by atoms with Crippen molar-refractivity contribution in [3.8, 4) is 0 Å². The third-order valence-electron chi connectivity index (χ3n) is 4.34. The summed E-state index contributed by atoms with van der Waals surface area (Å²) in [5.74, 6) is -1.34. The zero-order chi connectivity index (χ0) is 20.3. The van der Waals surface area contributed by atoms with Gasteiger partial charge in [0, 0.05) is 0 Å². The average Bonchev–Trinajstić information content (AvgIpc) is 2.64. The van der Waals surface area contributed by atoms with Gasteiger partial charge in [0.05, 0.1) is 13.2 Å². The van der Waals surface area contributed by atoms with E-state index in [1.807, 2.05) is 0 Å². The maximum Gasteiger partial charge on any atom is 0.329 e. The quantitative estimate of drug-likeness (QED) is 0.201. The molecule has 13 nitrogen and oxygen atoms in total. The largest absolute Gasteiger partial charge is 0.480 e. The van der Waals surface area contributed by atoms with Crippen molar-refractivity contribution in [2.45, 2.75) is 61.4 Å². The summed E-state index contributed by atoms with van der Waals surface area (Å²) in [6.45, 7) is -2.24. The van der Waals surface area contributed by atoms with Crippen LogP contribution in [0.2, 0.25) is 0 Å². The highest BCUT2D eigenvalue weighted by Crippen LogP contribution is 2.29. The van der Waals surface area contributed by atoms with Crippen molar-refractivity contribution in [1.82, 2.24) is 0 Å². The molecule has 13 heteroatoms. The summed E-state index contributed by atoms with van der Waals surface area (Å²) in [7, 11) is 0. The summed E-state index contributed by atoms with van der Waals surface area (Å²) in [6, 6.07) is 0. The molecule has 2 aliphatic heterocycles. The zero-order valence-corrected chi connectivity index (χ0v) is 14.0. The molecule has 10 atom stereocenters. The van der Waals surface area contributed by atoms with Crippen LogP contribution < -0.4 is 0 Å². The first kappa shape index (κ1) is 22.3. The summed E-state index contributed by atoms with van der Waals surface area (Å²) in [4.78, 5) is 10.6. The number of aliphatic carboxylic acids is 1. The lowest BCUT2D eigenvalue weighted by molar-refractivity contribution is -0.378. The second-order valence-corrected chi connectivity index (χ2v) is 6.21. The minimum absolute atomic E-state index is 0.703. The van der Waals surface area contributed by atoms with Gasteiger partial charge in [-0.25, -0.2) is 4.79 Å². The topological polar surface area (TPSA) is 216 Å². The summed E-state index contributed by atoms with van der Waals surface area (Å²) in [5.41, 5.74) is 0. The van der Waals surface area contributed by atoms with Gasteiger partial charge >= 0.3 is 5.97 Å². The third-order valence-corrected chi connectivity index (χ3v) is 4.34. The van der Waals surface area contributed by atoms with Crippen molar-refractivity contribution in [2.75, 3.05) is 19.8 Å². The standard InChI is InChI=1S/C14H24O13/c15-1-4-7(19)8(20)10(22)13(25-4)27-14-11(23)9(21)12(5(2-16)26-14)24-3-6(17)18/h4-5,7-16,19-23H,1-3H2,(H,17,18)/t4-,5-,7-,8+,9-,10-,11-,12-,13-,14-/m1/s1. The van der Waals surface area contributed by atoms with Crippen LogP contribution in [-0.4, -0.2) is 128 Å². The van der Waals surface area contributed by atoms with E-state index >= 15 is 0 Å². The van der Waals surface area contributed by atoms with E-state index in [1.54, 1.807) is 0 Å². The van der Waals surface area contributed by atoms with E-state index in [2.05, 4.69) is 0 Å². The highest BCUT2D eigenvalue weighted by Gasteiger charge is 2.50. The number of aliphatic hydroxyl groups excluding tert-OH is 7. The molecule has 158 valence electrons. The molecule has 2 aliphatic rings. The van der Waals surface area contributed by atoms with E-state index in [0.717, 1.165) is 0 Å². The first-order valence-corrected chi connectivity index (χ1v) is 8.13. The van der Waals surface area contributed by atoms with Crippen molar-refractivity contribution in [3.05, 3.63) is 0 Å². The predicted octanol–water partition coefficient (Wildman–Crippen LogP) is -5.29. The molecule has 2 saturated heterocycles. The van der Waals surface area contributed by atoms with Crippen LogP contribution in [0.1, 0.15) is 0 Å². The van der Waals surface area contributed by atoms with Crippen LogP contribution >= 0.6 is 0 Å². The molecule has 2 rings (SSSR count). The Hall–Kier alpha value is -0.970. The molecule has 0 saturated carbocycles. The van der Waals surface area contributed by atoms with Crippen molar-refractivity contribution in [2.24, 2.45) is 0 Å². The summed E-state index contributed by atoms with van der Waals surface area (Å²) in [5, 5.41) is 76.8. The Morgan fingerprint density at radius 2 is 1.30 bits per heavy atom. The van der Waals surface area contributed by atoms with E-state index in [-0.39, 0.29) is 0 Å². The lowest BCUT2D eigenvalue weighted by Gasteiger charge is -2.45. The molecule has 0 radical (unpaired) electrons. The summed E-state index contributed by atoms with van der Waals surface area (Å²) in [6.07, 6.45) is -15.9. The number of carboxylic acid groups (broad SMARTS) is 1. The minimum atomic E-state index is -1.79. The van der Waals surface area contributed by atoms with Gasteiger partial charge in [-0.15, -0.1) is 0 Å². The molecule has 0 unspecified atom stereocenters. The van der Waals surface area contributed by atoms with E-state index in [9.17, 15) is 35.4 Å². The summed E-state index contributed by atoms with van der Waals surface area (Å²) >= 11 is 0. The summed E-state index contributed by atoms with van der Waals surface area (Å²) < 4.78 is 20.5. The van der Waals surface area contributed by atoms with Crippen LogP contribution in [0.5, 0.6) is 0 Å². The fraction of sp³-hybridized carbons (Fsp3) is 0.929. The highest BCUT2D eigenvalue weighted by molar-refractivity contribution is 5.68. The Morgan fingerprint density at radius 1 is 0.778 bits per heavy atom. The monoisotopic (exact) mass is 400 g/mol. The third kappa shape index (κ3) is 4.90. The first-order chi connectivity index (χ1) is 12.7. The van der Waals surface area contributed by atoms with Crippen molar-refractivity contribution < 1.29 is 64.6 Å². The Labute approximate surface area is 152 Å². The minimum Gasteiger partial charge on any atom is -0.480 e. The maximum absolute atomic E-state index is 10.6. The number of carboxylic acids is 1.